The molecule has 0 saturated carbocycles. The average Bonchev–Trinajstić information content (AvgIpc) is 2.67. The van der Waals surface area contributed by atoms with Crippen LogP contribution in [0.5, 0.6) is 0 Å². The summed E-state index contributed by atoms with van der Waals surface area (Å²) in [7, 11) is 0. The number of carbonyl (C=O) groups excluding carboxylic acids is 2. The van der Waals surface area contributed by atoms with Crippen molar-refractivity contribution < 1.29 is 23.1 Å². The molecule has 0 N–H and O–H groups in total. The van der Waals surface area contributed by atoms with E-state index in [1.807, 2.05) is 13.8 Å². The van der Waals surface area contributed by atoms with Crippen LogP contribution >= 0.6 is 0 Å². The van der Waals surface area contributed by atoms with E-state index in [9.17, 15) is 18.4 Å². The third-order valence-electron chi connectivity index (χ3n) is 4.33. The molecule has 0 aliphatic heterocycles. The molecule has 0 radical (unpaired) electrons. The molecule has 0 aliphatic carbocycles. The summed E-state index contributed by atoms with van der Waals surface area (Å²) in [5.41, 5.74) is 2.35. The molecule has 28 heavy (non-hydrogen) atoms. The minimum absolute atomic E-state index is 0.364. The van der Waals surface area contributed by atoms with Crippen LogP contribution in [0.1, 0.15) is 43.5 Å². The number of hydrogen-bond acceptors (Lipinski definition) is 3. The monoisotopic (exact) mass is 380 g/mol. The van der Waals surface area contributed by atoms with Gasteiger partial charge in [-0.1, -0.05) is 59.7 Å². The number of Topliss-reactive ketones (excluding diaryl/α,β-unsaturated/α-hetero) is 1. The summed E-state index contributed by atoms with van der Waals surface area (Å²) in [5.74, 6) is -3.32. The fourth-order valence-corrected chi connectivity index (χ4v) is 2.71. The van der Waals surface area contributed by atoms with Crippen LogP contribution in [-0.2, 0) is 4.74 Å². The molecule has 3 rings (SSSR count). The summed E-state index contributed by atoms with van der Waals surface area (Å²) in [5, 5.41) is 0. The maximum atomic E-state index is 13.9. The van der Waals surface area contributed by atoms with Crippen molar-refractivity contribution in [1.82, 2.24) is 0 Å². The van der Waals surface area contributed by atoms with E-state index in [1.165, 1.54) is 0 Å². The second-order valence-electron chi connectivity index (χ2n) is 6.55. The third kappa shape index (κ3) is 4.31. The fourth-order valence-electron chi connectivity index (χ4n) is 2.71. The predicted molar refractivity (Wildman–Crippen MR) is 101 cm³/mol. The first kappa shape index (κ1) is 19.4. The highest BCUT2D eigenvalue weighted by Crippen LogP contribution is 2.25. The van der Waals surface area contributed by atoms with Crippen molar-refractivity contribution in [3.05, 3.63) is 106 Å². The van der Waals surface area contributed by atoms with Gasteiger partial charge >= 0.3 is 5.97 Å². The van der Waals surface area contributed by atoms with E-state index in [0.717, 1.165) is 23.3 Å². The van der Waals surface area contributed by atoms with Crippen LogP contribution in [0.2, 0.25) is 0 Å². The first-order valence-electron chi connectivity index (χ1n) is 8.68. The number of ketones is 1. The van der Waals surface area contributed by atoms with E-state index in [2.05, 4.69) is 0 Å². The molecule has 0 saturated heterocycles. The summed E-state index contributed by atoms with van der Waals surface area (Å²) >= 11 is 0. The lowest BCUT2D eigenvalue weighted by Gasteiger charge is -2.18. The number of ether oxygens (including phenoxy) is 1. The van der Waals surface area contributed by atoms with Gasteiger partial charge in [0.15, 0.2) is 6.10 Å². The molecular formula is C23H18F2O3. The Hall–Kier alpha value is -3.34. The molecule has 3 aromatic rings. The van der Waals surface area contributed by atoms with Gasteiger partial charge in [-0.05, 0) is 26.0 Å². The highest BCUT2D eigenvalue weighted by molar-refractivity contribution is 6.02. The molecule has 0 bridgehead atoms. The number of esters is 1. The second kappa shape index (κ2) is 8.13. The van der Waals surface area contributed by atoms with Crippen LogP contribution in [0.4, 0.5) is 8.78 Å². The summed E-state index contributed by atoms with van der Waals surface area (Å²) in [6.07, 6.45) is -1.25. The maximum absolute atomic E-state index is 13.9. The molecule has 0 heterocycles. The van der Waals surface area contributed by atoms with Gasteiger partial charge in [-0.15, -0.1) is 0 Å². The minimum Gasteiger partial charge on any atom is -0.445 e. The number of halogens is 2. The van der Waals surface area contributed by atoms with Gasteiger partial charge in [0, 0.05) is 17.2 Å². The summed E-state index contributed by atoms with van der Waals surface area (Å²) in [6.45, 7) is 3.78. The Balaban J connectivity index is 1.96. The lowest BCUT2D eigenvalue weighted by atomic mass is 9.98. The quantitative estimate of drug-likeness (QED) is 0.442. The molecule has 0 amide bonds. The van der Waals surface area contributed by atoms with Crippen LogP contribution in [0.15, 0.2) is 66.7 Å². The molecule has 0 unspecified atom stereocenters. The number of benzene rings is 3. The van der Waals surface area contributed by atoms with E-state index in [0.29, 0.717) is 17.2 Å². The predicted octanol–water partition coefficient (Wildman–Crippen LogP) is 5.36. The third-order valence-corrected chi connectivity index (χ3v) is 4.33. The number of rotatable bonds is 5. The molecule has 3 aromatic carbocycles. The van der Waals surface area contributed by atoms with Crippen molar-refractivity contribution >= 4 is 11.8 Å². The Morgan fingerprint density at radius 2 is 1.39 bits per heavy atom. The second-order valence-corrected chi connectivity index (χ2v) is 6.55. The normalized spacial score (nSPS) is 11.7. The van der Waals surface area contributed by atoms with Crippen molar-refractivity contribution in [2.75, 3.05) is 0 Å². The molecule has 142 valence electrons. The van der Waals surface area contributed by atoms with Crippen LogP contribution in [0.3, 0.4) is 0 Å². The van der Waals surface area contributed by atoms with E-state index in [-0.39, 0.29) is 0 Å². The van der Waals surface area contributed by atoms with Gasteiger partial charge in [0.25, 0.3) is 0 Å². The largest absolute Gasteiger partial charge is 0.445 e. The highest BCUT2D eigenvalue weighted by atomic mass is 19.1. The molecular weight excluding hydrogens is 362 g/mol. The molecule has 0 aliphatic rings. The summed E-state index contributed by atoms with van der Waals surface area (Å²) < 4.78 is 32.4. The fraction of sp³-hybridized carbons (Fsp3) is 0.130. The minimum atomic E-state index is -1.25. The Bertz CT molecular complexity index is 1010. The van der Waals surface area contributed by atoms with E-state index < -0.39 is 35.1 Å². The van der Waals surface area contributed by atoms with Crippen LogP contribution in [-0.4, -0.2) is 11.8 Å². The SMILES string of the molecule is Cc1ccc(C(=O)[C@@H](OC(=O)c2ccc(F)cc2F)c2ccc(C)cc2)cc1. The van der Waals surface area contributed by atoms with Crippen molar-refractivity contribution in [2.24, 2.45) is 0 Å². The Labute approximate surface area is 161 Å². The van der Waals surface area contributed by atoms with Gasteiger partial charge in [0.1, 0.15) is 11.6 Å². The van der Waals surface area contributed by atoms with Crippen molar-refractivity contribution in [3.63, 3.8) is 0 Å². The van der Waals surface area contributed by atoms with Crippen molar-refractivity contribution in [1.29, 1.82) is 0 Å². The topological polar surface area (TPSA) is 43.4 Å². The van der Waals surface area contributed by atoms with Gasteiger partial charge in [-0.3, -0.25) is 4.79 Å². The molecule has 0 spiro atoms. The Morgan fingerprint density at radius 3 is 1.96 bits per heavy atom. The highest BCUT2D eigenvalue weighted by Gasteiger charge is 2.28. The molecule has 5 heteroatoms. The summed E-state index contributed by atoms with van der Waals surface area (Å²) in [4.78, 5) is 25.5. The zero-order chi connectivity index (χ0) is 20.3. The van der Waals surface area contributed by atoms with Gasteiger partial charge in [0.2, 0.25) is 5.78 Å². The first-order chi connectivity index (χ1) is 13.3. The number of aryl methyl sites for hydroxylation is 2. The molecule has 0 fully saturated rings. The standard InChI is InChI=1S/C23H18F2O3/c1-14-3-7-16(8-4-14)21(26)22(17-9-5-15(2)6-10-17)28-23(27)19-12-11-18(24)13-20(19)25/h3-13,22H,1-2H3/t22-/m0/s1. The number of hydrogen-bond donors (Lipinski definition) is 0. The molecule has 1 atom stereocenters. The van der Waals surface area contributed by atoms with E-state index >= 15 is 0 Å². The maximum Gasteiger partial charge on any atom is 0.342 e. The van der Waals surface area contributed by atoms with E-state index in [1.54, 1.807) is 48.5 Å². The smallest absolute Gasteiger partial charge is 0.342 e. The Kier molecular flexibility index (Phi) is 5.64. The average molecular weight is 380 g/mol. The van der Waals surface area contributed by atoms with Gasteiger partial charge in [-0.25, -0.2) is 13.6 Å². The lowest BCUT2D eigenvalue weighted by Crippen LogP contribution is -2.21. The van der Waals surface area contributed by atoms with Gasteiger partial charge < -0.3 is 4.74 Å². The zero-order valence-electron chi connectivity index (χ0n) is 15.4. The van der Waals surface area contributed by atoms with E-state index in [4.69, 9.17) is 4.74 Å². The van der Waals surface area contributed by atoms with Crippen LogP contribution < -0.4 is 0 Å². The lowest BCUT2D eigenvalue weighted by molar-refractivity contribution is 0.0275. The zero-order valence-corrected chi connectivity index (χ0v) is 15.4. The van der Waals surface area contributed by atoms with Crippen LogP contribution in [0, 0.1) is 25.5 Å². The first-order valence-corrected chi connectivity index (χ1v) is 8.68. The van der Waals surface area contributed by atoms with Crippen LogP contribution in [0.25, 0.3) is 0 Å². The molecule has 3 nitrogen and oxygen atoms in total. The molecule has 0 aromatic heterocycles. The van der Waals surface area contributed by atoms with Crippen molar-refractivity contribution in [2.45, 2.75) is 20.0 Å². The van der Waals surface area contributed by atoms with Crippen molar-refractivity contribution in [3.8, 4) is 0 Å². The van der Waals surface area contributed by atoms with Gasteiger partial charge in [-0.2, -0.15) is 0 Å². The van der Waals surface area contributed by atoms with Gasteiger partial charge in [0.05, 0.1) is 5.56 Å². The Morgan fingerprint density at radius 1 is 0.821 bits per heavy atom. The number of carbonyl (C=O) groups is 2. The summed E-state index contributed by atoms with van der Waals surface area (Å²) in [6, 6.07) is 16.3.